The number of fused-ring (bicyclic) bond motifs is 1. The number of ether oxygens (including phenoxy) is 17. The summed E-state index contributed by atoms with van der Waals surface area (Å²) in [7, 11) is 0. The lowest BCUT2D eigenvalue weighted by atomic mass is 9.90. The van der Waals surface area contributed by atoms with Crippen molar-refractivity contribution in [2.24, 2.45) is 76.4 Å². The highest BCUT2D eigenvalue weighted by atomic mass is 16.8. The fraction of sp³-hybridized carbons (Fsp3) is 0.752. The number of benzene rings is 5. The second kappa shape index (κ2) is 70.3. The Morgan fingerprint density at radius 2 is 0.514 bits per heavy atom. The molecule has 0 saturated carbocycles. The maximum atomic E-state index is 7.59. The van der Waals surface area contributed by atoms with Gasteiger partial charge in [0, 0.05) is 19.8 Å². The smallest absolute Gasteiger partial charge is 0.187 e. The molecule has 0 N–H and O–H groups in total. The molecular formula is C121H198O17. The molecule has 8 rings (SSSR count). The topological polar surface area (TPSA) is 157 Å². The van der Waals surface area contributed by atoms with Gasteiger partial charge in [-0.25, -0.2) is 0 Å². The van der Waals surface area contributed by atoms with Crippen molar-refractivity contribution in [2.45, 2.75) is 411 Å². The molecule has 0 radical (unpaired) electrons. The van der Waals surface area contributed by atoms with Gasteiger partial charge in [0.05, 0.1) is 118 Å². The second-order valence-corrected chi connectivity index (χ2v) is 44.7. The molecule has 17 heteroatoms. The molecule has 0 aromatic heterocycles. The van der Waals surface area contributed by atoms with E-state index in [9.17, 15) is 0 Å². The number of hydrogen-bond donors (Lipinski definition) is 0. The second-order valence-electron chi connectivity index (χ2n) is 44.7. The first kappa shape index (κ1) is 119. The molecule has 3 aliphatic heterocycles. The van der Waals surface area contributed by atoms with Crippen LogP contribution in [0.1, 0.15) is 338 Å². The predicted octanol–water partition coefficient (Wildman–Crippen LogP) is 29.0. The van der Waals surface area contributed by atoms with Gasteiger partial charge in [-0.3, -0.25) is 0 Å². The first-order valence-corrected chi connectivity index (χ1v) is 55.5. The fourth-order valence-corrected chi connectivity index (χ4v) is 19.9. The SMILES string of the molecule is CC(C)CCCC(C)CCCC(C)CCCC(C)CCOCC(COCCOCCOCCO[C@@H]1O[C@H](COCc2ccccc2)[C@@H](O[C@@H]2O[C@H](COCc3ccccc3)[C@@H]3OC(C)(C)O[C@@H]3[C@H]2OCc2ccccc2)[C@H](OCc2ccccc2)[C@H]1OCc1ccccc1)(COCCC(C)CCCC(C)CCCC(C)CCCC(C)C)COCCC(C)CCCC(C)CCCC(C)CCCC(C)C. The molecule has 3 saturated heterocycles. The molecule has 3 fully saturated rings. The summed E-state index contributed by atoms with van der Waals surface area (Å²) >= 11 is 0. The molecule has 0 bridgehead atoms. The number of hydrogen-bond acceptors (Lipinski definition) is 17. The highest BCUT2D eigenvalue weighted by Crippen LogP contribution is 2.43. The predicted molar refractivity (Wildman–Crippen MR) is 562 cm³/mol. The fourth-order valence-electron chi connectivity index (χ4n) is 19.9. The molecule has 0 spiro atoms. The van der Waals surface area contributed by atoms with Crippen LogP contribution in [0.25, 0.3) is 0 Å². The van der Waals surface area contributed by atoms with E-state index in [-0.39, 0.29) is 46.2 Å². The Kier molecular flexibility index (Phi) is 60.4. The normalized spacial score (nSPS) is 22.0. The van der Waals surface area contributed by atoms with Crippen LogP contribution in [-0.4, -0.2) is 166 Å². The maximum absolute atomic E-state index is 7.59. The van der Waals surface area contributed by atoms with E-state index in [2.05, 4.69) is 116 Å². The summed E-state index contributed by atoms with van der Waals surface area (Å²) in [6.45, 7) is 47.6. The average Bonchev–Trinajstić information content (AvgIpc) is 1.61. The van der Waals surface area contributed by atoms with Crippen molar-refractivity contribution in [3.63, 3.8) is 0 Å². The molecule has 3 heterocycles. The van der Waals surface area contributed by atoms with Crippen molar-refractivity contribution in [3.05, 3.63) is 179 Å². The zero-order chi connectivity index (χ0) is 98.6. The van der Waals surface area contributed by atoms with E-state index in [0.29, 0.717) is 104 Å². The third-order valence-electron chi connectivity index (χ3n) is 28.9. The minimum absolute atomic E-state index is 0.0851. The molecule has 5 aromatic rings. The van der Waals surface area contributed by atoms with Gasteiger partial charge in [0.2, 0.25) is 0 Å². The van der Waals surface area contributed by atoms with Crippen LogP contribution in [0.2, 0.25) is 0 Å². The lowest BCUT2D eigenvalue weighted by Crippen LogP contribution is -2.65. The summed E-state index contributed by atoms with van der Waals surface area (Å²) in [5, 5.41) is 0. The number of rotatable bonds is 82. The Labute approximate surface area is 841 Å². The standard InChI is InChI=1S/C121H198O17/c1-93(2)42-33-45-96(7)48-36-51-99(10)54-39-57-102(13)70-73-124-89-121(90-125-74-71-103(14)58-40-55-100(11)52-37-49-97(8)46-34-43-94(3)4,91-126-75-72-104(15)59-41-56-101(12)53-38-50-98(9)47-35-44-95(5)6)92-127-79-78-122-76-77-123-80-81-130-118-116(132-85-108-66-29-21-30-67-108)114(131-84-107-64-27-20-28-65-107)112(110(134-118)87-128-82-105-60-23-18-24-61-105)136-119-117(133-86-109-68-31-22-32-69-109)115-113(137-120(16,17)138-115)111(135-119)88-129-83-106-62-25-19-26-63-106/h18-32,60-69,93-104,110-119H,33-59,70-92H2,1-17H3/t96?,97?,98?,99?,100?,101?,102?,103?,104?,110-,111-,112-,113+,114+,115+,116-,117-,118-,119+,121?/m1/s1. The van der Waals surface area contributed by atoms with Gasteiger partial charge in [-0.2, -0.15) is 0 Å². The van der Waals surface area contributed by atoms with E-state index in [1.807, 2.05) is 153 Å². The third-order valence-corrected chi connectivity index (χ3v) is 28.9. The molecule has 0 amide bonds. The monoisotopic (exact) mass is 1920 g/mol. The molecular weight excluding hydrogens is 1730 g/mol. The van der Waals surface area contributed by atoms with Crippen LogP contribution in [-0.2, 0) is 114 Å². The molecule has 17 nitrogen and oxygen atoms in total. The zero-order valence-electron chi connectivity index (χ0n) is 89.9. The van der Waals surface area contributed by atoms with Crippen molar-refractivity contribution in [2.75, 3.05) is 99.1 Å². The largest absolute Gasteiger partial charge is 0.381 e. The van der Waals surface area contributed by atoms with Gasteiger partial charge in [-0.1, -0.05) is 429 Å². The van der Waals surface area contributed by atoms with E-state index in [4.69, 9.17) is 80.5 Å². The van der Waals surface area contributed by atoms with Crippen LogP contribution in [0.5, 0.6) is 0 Å². The summed E-state index contributed by atoms with van der Waals surface area (Å²) in [5.74, 6) is 7.96. The third kappa shape index (κ3) is 51.0. The highest BCUT2D eigenvalue weighted by Gasteiger charge is 2.59. The molecule has 3 aliphatic rings. The van der Waals surface area contributed by atoms with Crippen molar-refractivity contribution >= 4 is 0 Å². The van der Waals surface area contributed by atoms with Gasteiger partial charge in [-0.05, 0) is 132 Å². The van der Waals surface area contributed by atoms with E-state index < -0.39 is 72.6 Å². The molecule has 5 aromatic carbocycles. The van der Waals surface area contributed by atoms with Crippen molar-refractivity contribution in [3.8, 4) is 0 Å². The summed E-state index contributed by atoms with van der Waals surface area (Å²) in [6, 6.07) is 50.6. The van der Waals surface area contributed by atoms with Gasteiger partial charge in [-0.15, -0.1) is 0 Å². The van der Waals surface area contributed by atoms with E-state index in [0.717, 1.165) is 100 Å². The summed E-state index contributed by atoms with van der Waals surface area (Å²) < 4.78 is 117. The van der Waals surface area contributed by atoms with Crippen LogP contribution in [0, 0.1) is 76.4 Å². The van der Waals surface area contributed by atoms with E-state index >= 15 is 0 Å². The van der Waals surface area contributed by atoms with Crippen LogP contribution < -0.4 is 0 Å². The van der Waals surface area contributed by atoms with Gasteiger partial charge in [0.25, 0.3) is 0 Å². The molecule has 138 heavy (non-hydrogen) atoms. The lowest BCUT2D eigenvalue weighted by Gasteiger charge is -2.49. The molecule has 9 unspecified atom stereocenters. The average molecular weight is 1920 g/mol. The highest BCUT2D eigenvalue weighted by molar-refractivity contribution is 5.18. The first-order chi connectivity index (χ1) is 66.9. The van der Waals surface area contributed by atoms with Gasteiger partial charge in [0.1, 0.15) is 48.8 Å². The van der Waals surface area contributed by atoms with Crippen molar-refractivity contribution < 1.29 is 80.5 Å². The Bertz CT molecular complexity index is 3560. The first-order valence-electron chi connectivity index (χ1n) is 55.5. The van der Waals surface area contributed by atoms with Gasteiger partial charge >= 0.3 is 0 Å². The summed E-state index contributed by atoms with van der Waals surface area (Å²) in [6.07, 6.45) is 30.8. The maximum Gasteiger partial charge on any atom is 0.187 e. The van der Waals surface area contributed by atoms with Crippen LogP contribution in [0.3, 0.4) is 0 Å². The quantitative estimate of drug-likeness (QED) is 0.0338. The molecule has 19 atom stereocenters. The summed E-state index contributed by atoms with van der Waals surface area (Å²) in [5.41, 5.74) is 4.43. The van der Waals surface area contributed by atoms with Gasteiger partial charge in [0.15, 0.2) is 18.4 Å². The minimum Gasteiger partial charge on any atom is -0.381 e. The Hall–Kier alpha value is -4.58. The van der Waals surface area contributed by atoms with Crippen LogP contribution in [0.15, 0.2) is 152 Å². The molecule has 784 valence electrons. The van der Waals surface area contributed by atoms with Crippen LogP contribution in [0.4, 0.5) is 0 Å². The van der Waals surface area contributed by atoms with Gasteiger partial charge < -0.3 is 80.5 Å². The Morgan fingerprint density at radius 1 is 0.246 bits per heavy atom. The Morgan fingerprint density at radius 3 is 0.855 bits per heavy atom. The van der Waals surface area contributed by atoms with E-state index in [1.54, 1.807) is 0 Å². The van der Waals surface area contributed by atoms with Crippen molar-refractivity contribution in [1.29, 1.82) is 0 Å². The minimum atomic E-state index is -1.07. The van der Waals surface area contributed by atoms with Crippen molar-refractivity contribution in [1.82, 2.24) is 0 Å². The van der Waals surface area contributed by atoms with Crippen LogP contribution >= 0.6 is 0 Å². The molecule has 0 aliphatic carbocycles. The lowest BCUT2D eigenvalue weighted by molar-refractivity contribution is -0.368. The summed E-state index contributed by atoms with van der Waals surface area (Å²) in [4.78, 5) is 0. The zero-order valence-corrected chi connectivity index (χ0v) is 89.9. The Balaban J connectivity index is 0.929. The van der Waals surface area contributed by atoms with E-state index in [1.165, 1.54) is 173 Å².